The Morgan fingerprint density at radius 2 is 2.05 bits per heavy atom. The summed E-state index contributed by atoms with van der Waals surface area (Å²) in [5, 5.41) is 1.48. The summed E-state index contributed by atoms with van der Waals surface area (Å²) >= 11 is 0. The van der Waals surface area contributed by atoms with E-state index in [1.54, 1.807) is 0 Å². The Labute approximate surface area is 131 Å². The minimum absolute atomic E-state index is 0.197. The quantitative estimate of drug-likeness (QED) is 0.533. The molecule has 1 heteroatoms. The molecule has 21 heavy (non-hydrogen) atoms. The Kier molecular flexibility index (Phi) is 5.22. The van der Waals surface area contributed by atoms with Crippen LogP contribution in [0.3, 0.4) is 0 Å². The molecule has 0 saturated heterocycles. The SMILES string of the molecule is C/C=C\C1=C(/C=C(\C)PC)CC2=C1C=CC(C)(CC)C=C2. The third-order valence-electron chi connectivity index (χ3n) is 4.54. The van der Waals surface area contributed by atoms with Crippen LogP contribution in [0.5, 0.6) is 0 Å². The molecule has 0 heterocycles. The number of hydrogen-bond acceptors (Lipinski definition) is 0. The maximum Gasteiger partial charge on any atom is 0.00366 e. The van der Waals surface area contributed by atoms with Crippen molar-refractivity contribution >= 4 is 8.58 Å². The minimum Gasteiger partial charge on any atom is -0.0984 e. The van der Waals surface area contributed by atoms with Gasteiger partial charge >= 0.3 is 0 Å². The van der Waals surface area contributed by atoms with Gasteiger partial charge in [-0.15, -0.1) is 0 Å². The Hall–Kier alpha value is -1.13. The molecule has 0 amide bonds. The topological polar surface area (TPSA) is 0 Å². The van der Waals surface area contributed by atoms with E-state index in [0.717, 1.165) is 21.4 Å². The van der Waals surface area contributed by atoms with Gasteiger partial charge < -0.3 is 0 Å². The summed E-state index contributed by atoms with van der Waals surface area (Å²) in [6.45, 7) is 11.2. The summed E-state index contributed by atoms with van der Waals surface area (Å²) < 4.78 is 0. The van der Waals surface area contributed by atoms with Crippen molar-refractivity contribution in [3.05, 3.63) is 70.1 Å². The van der Waals surface area contributed by atoms with E-state index in [-0.39, 0.29) is 5.41 Å². The van der Waals surface area contributed by atoms with E-state index in [0.29, 0.717) is 0 Å². The zero-order valence-electron chi connectivity index (χ0n) is 14.0. The first kappa shape index (κ1) is 16.2. The molecule has 0 aliphatic heterocycles. The van der Waals surface area contributed by atoms with Crippen LogP contribution in [0.15, 0.2) is 70.1 Å². The van der Waals surface area contributed by atoms with E-state index < -0.39 is 0 Å². The van der Waals surface area contributed by atoms with Gasteiger partial charge in [0.1, 0.15) is 0 Å². The third-order valence-corrected chi connectivity index (χ3v) is 5.47. The van der Waals surface area contributed by atoms with Gasteiger partial charge in [-0.05, 0) is 55.6 Å². The largest absolute Gasteiger partial charge is 0.0984 e. The molecular formula is C20H27P. The molecule has 112 valence electrons. The Morgan fingerprint density at radius 1 is 1.33 bits per heavy atom. The standard InChI is InChI=1S/C20H27P/c1-6-8-18-17(13-15(3)21-5)14-16-9-11-20(4,7-2)12-10-19(16)18/h6,8-13,21H,7,14H2,1-5H3/b8-6-,15-13+. The summed E-state index contributed by atoms with van der Waals surface area (Å²) in [5.41, 5.74) is 5.96. The van der Waals surface area contributed by atoms with Crippen molar-refractivity contribution in [2.24, 2.45) is 5.41 Å². The fraction of sp³-hybridized carbons (Fsp3) is 0.400. The second kappa shape index (κ2) is 6.75. The molecule has 0 nitrogen and oxygen atoms in total. The van der Waals surface area contributed by atoms with E-state index in [1.165, 1.54) is 27.6 Å². The Balaban J connectivity index is 2.44. The molecule has 2 unspecified atom stereocenters. The molecule has 0 fully saturated rings. The van der Waals surface area contributed by atoms with Crippen molar-refractivity contribution in [2.45, 2.75) is 40.5 Å². The highest BCUT2D eigenvalue weighted by Gasteiger charge is 2.23. The van der Waals surface area contributed by atoms with Gasteiger partial charge in [-0.1, -0.05) is 70.3 Å². The molecule has 0 saturated carbocycles. The molecule has 0 spiro atoms. The second-order valence-electron chi connectivity index (χ2n) is 6.16. The monoisotopic (exact) mass is 298 g/mol. The maximum atomic E-state index is 2.39. The van der Waals surface area contributed by atoms with E-state index in [9.17, 15) is 0 Å². The molecule has 2 aliphatic rings. The van der Waals surface area contributed by atoms with Crippen LogP contribution in [-0.2, 0) is 0 Å². The highest BCUT2D eigenvalue weighted by molar-refractivity contribution is 7.42. The molecule has 2 aliphatic carbocycles. The van der Waals surface area contributed by atoms with Gasteiger partial charge in [0.05, 0.1) is 0 Å². The van der Waals surface area contributed by atoms with Crippen molar-refractivity contribution in [1.82, 2.24) is 0 Å². The number of rotatable bonds is 4. The predicted molar refractivity (Wildman–Crippen MR) is 98.2 cm³/mol. The van der Waals surface area contributed by atoms with Crippen LogP contribution in [0.25, 0.3) is 0 Å². The van der Waals surface area contributed by atoms with Crippen molar-refractivity contribution in [1.29, 1.82) is 0 Å². The molecule has 0 aromatic rings. The number of hydrogen-bond donors (Lipinski definition) is 0. The fourth-order valence-corrected chi connectivity index (χ4v) is 3.09. The zero-order chi connectivity index (χ0) is 15.5. The molecule has 2 atom stereocenters. The second-order valence-corrected chi connectivity index (χ2v) is 7.45. The van der Waals surface area contributed by atoms with Crippen molar-refractivity contribution in [2.75, 3.05) is 6.66 Å². The van der Waals surface area contributed by atoms with Gasteiger partial charge in [0.2, 0.25) is 0 Å². The zero-order valence-corrected chi connectivity index (χ0v) is 15.0. The molecular weight excluding hydrogens is 271 g/mol. The van der Waals surface area contributed by atoms with Gasteiger partial charge in [-0.25, -0.2) is 0 Å². The van der Waals surface area contributed by atoms with Crippen LogP contribution in [0.2, 0.25) is 0 Å². The first-order chi connectivity index (χ1) is 10.0. The van der Waals surface area contributed by atoms with Gasteiger partial charge in [-0.2, -0.15) is 0 Å². The Bertz CT molecular complexity index is 593. The van der Waals surface area contributed by atoms with E-state index in [1.807, 2.05) is 0 Å². The lowest BCUT2D eigenvalue weighted by molar-refractivity contribution is 0.530. The summed E-state index contributed by atoms with van der Waals surface area (Å²) in [6.07, 6.45) is 18.5. The Morgan fingerprint density at radius 3 is 2.67 bits per heavy atom. The smallest absolute Gasteiger partial charge is 0.00366 e. The lowest BCUT2D eigenvalue weighted by Gasteiger charge is -2.18. The van der Waals surface area contributed by atoms with E-state index >= 15 is 0 Å². The lowest BCUT2D eigenvalue weighted by Crippen LogP contribution is -2.06. The highest BCUT2D eigenvalue weighted by Crippen LogP contribution is 2.41. The third kappa shape index (κ3) is 3.55. The van der Waals surface area contributed by atoms with Crippen LogP contribution >= 0.6 is 8.58 Å². The van der Waals surface area contributed by atoms with Crippen LogP contribution in [-0.4, -0.2) is 6.66 Å². The summed E-state index contributed by atoms with van der Waals surface area (Å²) in [6, 6.07) is 0. The highest BCUT2D eigenvalue weighted by atomic mass is 31.1. The first-order valence-corrected chi connectivity index (χ1v) is 9.37. The van der Waals surface area contributed by atoms with Crippen LogP contribution in [0.4, 0.5) is 0 Å². The normalized spacial score (nSPS) is 26.6. The van der Waals surface area contributed by atoms with Crippen molar-refractivity contribution in [3.8, 4) is 0 Å². The van der Waals surface area contributed by atoms with E-state index in [2.05, 4.69) is 76.9 Å². The maximum absolute atomic E-state index is 2.39. The van der Waals surface area contributed by atoms with Crippen molar-refractivity contribution < 1.29 is 0 Å². The van der Waals surface area contributed by atoms with Crippen LogP contribution in [0.1, 0.15) is 40.5 Å². The molecule has 0 N–H and O–H groups in total. The molecule has 2 rings (SSSR count). The van der Waals surface area contributed by atoms with Gasteiger partial charge in [0.15, 0.2) is 0 Å². The summed E-state index contributed by atoms with van der Waals surface area (Å²) in [7, 11) is 0.889. The van der Waals surface area contributed by atoms with Gasteiger partial charge in [-0.3, -0.25) is 0 Å². The molecule has 0 bridgehead atoms. The first-order valence-electron chi connectivity index (χ1n) is 7.87. The summed E-state index contributed by atoms with van der Waals surface area (Å²) in [5.74, 6) is 0. The predicted octanol–water partition coefficient (Wildman–Crippen LogP) is 6.31. The van der Waals surface area contributed by atoms with Crippen LogP contribution in [0, 0.1) is 5.41 Å². The average Bonchev–Trinajstić information content (AvgIpc) is 2.70. The fourth-order valence-electron chi connectivity index (χ4n) is 2.77. The van der Waals surface area contributed by atoms with Gasteiger partial charge in [0.25, 0.3) is 0 Å². The summed E-state index contributed by atoms with van der Waals surface area (Å²) in [4.78, 5) is 0. The van der Waals surface area contributed by atoms with Crippen LogP contribution < -0.4 is 0 Å². The molecule has 0 radical (unpaired) electrons. The number of allylic oxidation sites excluding steroid dienone is 12. The minimum atomic E-state index is 0.197. The average molecular weight is 298 g/mol. The molecule has 0 aromatic heterocycles. The lowest BCUT2D eigenvalue weighted by atomic mass is 9.86. The van der Waals surface area contributed by atoms with Crippen molar-refractivity contribution in [3.63, 3.8) is 0 Å². The molecule has 0 aromatic carbocycles. The van der Waals surface area contributed by atoms with Gasteiger partial charge in [0, 0.05) is 5.41 Å². The van der Waals surface area contributed by atoms with E-state index in [4.69, 9.17) is 0 Å².